The highest BCUT2D eigenvalue weighted by Crippen LogP contribution is 2.35. The zero-order valence-corrected chi connectivity index (χ0v) is 11.2. The van der Waals surface area contributed by atoms with Crippen LogP contribution in [0.25, 0.3) is 0 Å². The highest BCUT2D eigenvalue weighted by molar-refractivity contribution is 9.10. The SMILES string of the molecule is COC(=O)C(N)Cc1c(Br)ccc(OC)c1O. The molecule has 0 aliphatic heterocycles. The summed E-state index contributed by atoms with van der Waals surface area (Å²) in [6.07, 6.45) is 0.163. The average Bonchev–Trinajstić information content (AvgIpc) is 2.33. The molecule has 0 aromatic heterocycles. The van der Waals surface area contributed by atoms with Gasteiger partial charge in [-0.05, 0) is 12.1 Å². The standard InChI is InChI=1S/C11H14BrNO4/c1-16-9-4-3-7(12)6(10(9)14)5-8(13)11(15)17-2/h3-4,8,14H,5,13H2,1-2H3. The highest BCUT2D eigenvalue weighted by Gasteiger charge is 2.20. The molecule has 1 atom stereocenters. The lowest BCUT2D eigenvalue weighted by atomic mass is 10.1. The number of nitrogens with two attached hydrogens (primary N) is 1. The molecule has 17 heavy (non-hydrogen) atoms. The zero-order valence-electron chi connectivity index (χ0n) is 9.57. The van der Waals surface area contributed by atoms with Gasteiger partial charge in [0.2, 0.25) is 0 Å². The van der Waals surface area contributed by atoms with Crippen LogP contribution in [0.1, 0.15) is 5.56 Å². The minimum atomic E-state index is -0.825. The summed E-state index contributed by atoms with van der Waals surface area (Å²) < 4.78 is 10.2. The number of phenols is 1. The van der Waals surface area contributed by atoms with E-state index in [1.807, 2.05) is 0 Å². The molecule has 0 saturated heterocycles. The van der Waals surface area contributed by atoms with E-state index in [0.29, 0.717) is 15.8 Å². The monoisotopic (exact) mass is 303 g/mol. The van der Waals surface area contributed by atoms with Crippen LogP contribution in [0.15, 0.2) is 16.6 Å². The van der Waals surface area contributed by atoms with Crippen LogP contribution in [0.5, 0.6) is 11.5 Å². The molecule has 3 N–H and O–H groups in total. The second-order valence-corrected chi connectivity index (χ2v) is 4.26. The first kappa shape index (κ1) is 13.8. The van der Waals surface area contributed by atoms with Gasteiger partial charge in [0.05, 0.1) is 14.2 Å². The van der Waals surface area contributed by atoms with Crippen LogP contribution in [0.2, 0.25) is 0 Å². The molecule has 1 aromatic rings. The fourth-order valence-corrected chi connectivity index (χ4v) is 1.89. The number of ether oxygens (including phenoxy) is 2. The maximum absolute atomic E-state index is 11.2. The molecule has 1 rings (SSSR count). The highest BCUT2D eigenvalue weighted by atomic mass is 79.9. The van der Waals surface area contributed by atoms with Crippen LogP contribution in [-0.4, -0.2) is 31.3 Å². The Morgan fingerprint density at radius 2 is 2.18 bits per heavy atom. The van der Waals surface area contributed by atoms with Gasteiger partial charge >= 0.3 is 5.97 Å². The summed E-state index contributed by atoms with van der Waals surface area (Å²) in [4.78, 5) is 11.2. The zero-order chi connectivity index (χ0) is 13.0. The van der Waals surface area contributed by atoms with Gasteiger partial charge in [0, 0.05) is 16.5 Å². The number of methoxy groups -OCH3 is 2. The molecule has 0 aliphatic carbocycles. The van der Waals surface area contributed by atoms with Crippen LogP contribution >= 0.6 is 15.9 Å². The van der Waals surface area contributed by atoms with Crippen LogP contribution in [0.4, 0.5) is 0 Å². The fraction of sp³-hybridized carbons (Fsp3) is 0.364. The molecule has 94 valence electrons. The molecule has 0 fully saturated rings. The lowest BCUT2D eigenvalue weighted by Gasteiger charge is -2.14. The van der Waals surface area contributed by atoms with Gasteiger partial charge in [0.1, 0.15) is 6.04 Å². The predicted molar refractivity (Wildman–Crippen MR) is 66.1 cm³/mol. The minimum Gasteiger partial charge on any atom is -0.504 e. The van der Waals surface area contributed by atoms with E-state index >= 15 is 0 Å². The Bertz CT molecular complexity index is 422. The molecule has 1 unspecified atom stereocenters. The van der Waals surface area contributed by atoms with Crippen LogP contribution < -0.4 is 10.5 Å². The van der Waals surface area contributed by atoms with E-state index in [0.717, 1.165) is 0 Å². The van der Waals surface area contributed by atoms with E-state index in [1.54, 1.807) is 12.1 Å². The van der Waals surface area contributed by atoms with Crippen molar-refractivity contribution in [1.29, 1.82) is 0 Å². The first-order valence-electron chi connectivity index (χ1n) is 4.89. The maximum atomic E-state index is 11.2. The molecule has 0 amide bonds. The third-order valence-corrected chi connectivity index (χ3v) is 3.08. The molecule has 6 heteroatoms. The van der Waals surface area contributed by atoms with E-state index in [9.17, 15) is 9.90 Å². The first-order chi connectivity index (χ1) is 8.01. The smallest absolute Gasteiger partial charge is 0.322 e. The Kier molecular flexibility index (Phi) is 4.77. The van der Waals surface area contributed by atoms with Crippen LogP contribution in [-0.2, 0) is 16.0 Å². The van der Waals surface area contributed by atoms with E-state index < -0.39 is 12.0 Å². The number of carbonyl (C=O) groups excluding carboxylic acids is 1. The van der Waals surface area contributed by atoms with Crippen molar-refractivity contribution >= 4 is 21.9 Å². The second kappa shape index (κ2) is 5.88. The largest absolute Gasteiger partial charge is 0.504 e. The summed E-state index contributed by atoms with van der Waals surface area (Å²) in [5, 5.41) is 9.91. The summed E-state index contributed by atoms with van der Waals surface area (Å²) >= 11 is 3.29. The number of hydrogen-bond donors (Lipinski definition) is 2. The van der Waals surface area contributed by atoms with Gasteiger partial charge in [0.25, 0.3) is 0 Å². The van der Waals surface area contributed by atoms with Crippen molar-refractivity contribution in [2.24, 2.45) is 5.73 Å². The average molecular weight is 304 g/mol. The molecule has 0 heterocycles. The number of aromatic hydroxyl groups is 1. The van der Waals surface area contributed by atoms with Crippen molar-refractivity contribution in [3.8, 4) is 11.5 Å². The van der Waals surface area contributed by atoms with E-state index in [2.05, 4.69) is 20.7 Å². The molecule has 0 aliphatic rings. The molecule has 0 spiro atoms. The fourth-order valence-electron chi connectivity index (χ4n) is 1.40. The maximum Gasteiger partial charge on any atom is 0.322 e. The van der Waals surface area contributed by atoms with Crippen molar-refractivity contribution in [2.75, 3.05) is 14.2 Å². The molecule has 0 radical (unpaired) electrons. The van der Waals surface area contributed by atoms with Gasteiger partial charge in [-0.2, -0.15) is 0 Å². The van der Waals surface area contributed by atoms with Crippen molar-refractivity contribution < 1.29 is 19.4 Å². The Morgan fingerprint density at radius 3 is 2.71 bits per heavy atom. The van der Waals surface area contributed by atoms with Gasteiger partial charge in [-0.1, -0.05) is 15.9 Å². The topological polar surface area (TPSA) is 81.8 Å². The summed E-state index contributed by atoms with van der Waals surface area (Å²) in [6, 6.07) is 2.51. The summed E-state index contributed by atoms with van der Waals surface area (Å²) in [5.74, 6) is -0.222. The molecule has 0 saturated carbocycles. The minimum absolute atomic E-state index is 0.0266. The molecular weight excluding hydrogens is 290 g/mol. The number of esters is 1. The van der Waals surface area contributed by atoms with Gasteiger partial charge in [-0.15, -0.1) is 0 Å². The summed E-state index contributed by atoms with van der Waals surface area (Å²) in [5.41, 5.74) is 6.16. The van der Waals surface area contributed by atoms with Gasteiger partial charge in [-0.3, -0.25) is 4.79 Å². The van der Waals surface area contributed by atoms with Gasteiger partial charge < -0.3 is 20.3 Å². The molecule has 5 nitrogen and oxygen atoms in total. The Hall–Kier alpha value is -1.27. The summed E-state index contributed by atoms with van der Waals surface area (Å²) in [7, 11) is 2.72. The lowest BCUT2D eigenvalue weighted by molar-refractivity contribution is -0.142. The van der Waals surface area contributed by atoms with Crippen LogP contribution in [0.3, 0.4) is 0 Å². The normalized spacial score (nSPS) is 12.0. The molecule has 0 bridgehead atoms. The quantitative estimate of drug-likeness (QED) is 0.817. The number of benzene rings is 1. The van der Waals surface area contributed by atoms with Crippen molar-refractivity contribution in [3.63, 3.8) is 0 Å². The lowest BCUT2D eigenvalue weighted by Crippen LogP contribution is -2.33. The molecular formula is C11H14BrNO4. The van der Waals surface area contributed by atoms with Crippen LogP contribution in [0, 0.1) is 0 Å². The third kappa shape index (κ3) is 3.10. The number of halogens is 1. The molecule has 1 aromatic carbocycles. The Morgan fingerprint density at radius 1 is 1.53 bits per heavy atom. The van der Waals surface area contributed by atoms with Gasteiger partial charge in [-0.25, -0.2) is 0 Å². The number of hydrogen-bond acceptors (Lipinski definition) is 5. The third-order valence-electron chi connectivity index (χ3n) is 2.34. The Balaban J connectivity index is 3.01. The van der Waals surface area contributed by atoms with Crippen molar-refractivity contribution in [3.05, 3.63) is 22.2 Å². The number of phenolic OH excluding ortho intramolecular Hbond substituents is 1. The first-order valence-corrected chi connectivity index (χ1v) is 5.68. The second-order valence-electron chi connectivity index (χ2n) is 3.41. The van der Waals surface area contributed by atoms with E-state index in [-0.39, 0.29) is 12.2 Å². The Labute approximate surface area is 108 Å². The van der Waals surface area contributed by atoms with E-state index in [4.69, 9.17) is 10.5 Å². The number of carbonyl (C=O) groups is 1. The number of rotatable bonds is 4. The van der Waals surface area contributed by atoms with E-state index in [1.165, 1.54) is 14.2 Å². The summed E-state index contributed by atoms with van der Waals surface area (Å²) in [6.45, 7) is 0. The van der Waals surface area contributed by atoms with Crippen molar-refractivity contribution in [2.45, 2.75) is 12.5 Å². The predicted octanol–water partition coefficient (Wildman–Crippen LogP) is 1.21. The van der Waals surface area contributed by atoms with Gasteiger partial charge in [0.15, 0.2) is 11.5 Å². The van der Waals surface area contributed by atoms with Crippen molar-refractivity contribution in [1.82, 2.24) is 0 Å².